The lowest BCUT2D eigenvalue weighted by Gasteiger charge is -2.33. The number of rotatable bonds is 12. The smallest absolute Gasteiger partial charge is 0.264 e. The van der Waals surface area contributed by atoms with Gasteiger partial charge in [-0.1, -0.05) is 74.9 Å². The standard InChI is InChI=1S/C32H41N3O4S/c1-7-30(32(37)33-8-2)34(21-27-12-10-9-11-25(27)6)31(36)22-35(28-17-15-26(16-18-28)23(3)4)40(38,39)29-19-13-24(5)14-20-29/h9-20,23,30H,7-8,21-22H2,1-6H3,(H,33,37). The van der Waals surface area contributed by atoms with Gasteiger partial charge in [0.25, 0.3) is 10.0 Å². The molecule has 0 aliphatic rings. The van der Waals surface area contributed by atoms with Crippen molar-refractivity contribution in [3.05, 3.63) is 95.1 Å². The molecule has 3 rings (SSSR count). The van der Waals surface area contributed by atoms with Crippen molar-refractivity contribution in [2.75, 3.05) is 17.4 Å². The second-order valence-electron chi connectivity index (χ2n) is 10.3. The van der Waals surface area contributed by atoms with E-state index in [-0.39, 0.29) is 23.3 Å². The predicted molar refractivity (Wildman–Crippen MR) is 161 cm³/mol. The van der Waals surface area contributed by atoms with Crippen LogP contribution in [0, 0.1) is 13.8 Å². The third-order valence-corrected chi connectivity index (χ3v) is 8.86. The first-order valence-corrected chi connectivity index (χ1v) is 15.2. The summed E-state index contributed by atoms with van der Waals surface area (Å²) in [6, 6.07) is 20.8. The van der Waals surface area contributed by atoms with Crippen molar-refractivity contribution < 1.29 is 18.0 Å². The summed E-state index contributed by atoms with van der Waals surface area (Å²) in [5, 5.41) is 2.83. The fourth-order valence-corrected chi connectivity index (χ4v) is 5.99. The Morgan fingerprint density at radius 3 is 2.05 bits per heavy atom. The van der Waals surface area contributed by atoms with Crippen LogP contribution in [0.3, 0.4) is 0 Å². The molecule has 40 heavy (non-hydrogen) atoms. The molecule has 0 saturated heterocycles. The minimum Gasteiger partial charge on any atom is -0.355 e. The summed E-state index contributed by atoms with van der Waals surface area (Å²) in [5.41, 5.74) is 4.26. The molecule has 8 heteroatoms. The Balaban J connectivity index is 2.08. The Hall–Kier alpha value is -3.65. The summed E-state index contributed by atoms with van der Waals surface area (Å²) in [6.07, 6.45) is 0.386. The van der Waals surface area contributed by atoms with Gasteiger partial charge in [-0.05, 0) is 74.1 Å². The van der Waals surface area contributed by atoms with Crippen LogP contribution in [0.5, 0.6) is 0 Å². The van der Waals surface area contributed by atoms with Crippen molar-refractivity contribution in [3.63, 3.8) is 0 Å². The van der Waals surface area contributed by atoms with E-state index in [4.69, 9.17) is 0 Å². The summed E-state index contributed by atoms with van der Waals surface area (Å²) < 4.78 is 29.1. The van der Waals surface area contributed by atoms with E-state index in [2.05, 4.69) is 19.2 Å². The van der Waals surface area contributed by atoms with Crippen LogP contribution in [0.2, 0.25) is 0 Å². The molecule has 1 atom stereocenters. The minimum absolute atomic E-state index is 0.0973. The second kappa shape index (κ2) is 13.6. The number of sulfonamides is 1. The molecular weight excluding hydrogens is 522 g/mol. The average molecular weight is 564 g/mol. The van der Waals surface area contributed by atoms with Gasteiger partial charge >= 0.3 is 0 Å². The predicted octanol–water partition coefficient (Wildman–Crippen LogP) is 5.57. The van der Waals surface area contributed by atoms with E-state index in [1.807, 2.05) is 64.1 Å². The zero-order chi connectivity index (χ0) is 29.4. The van der Waals surface area contributed by atoms with E-state index in [1.165, 1.54) is 4.90 Å². The van der Waals surface area contributed by atoms with E-state index >= 15 is 0 Å². The third kappa shape index (κ3) is 7.30. The highest BCUT2D eigenvalue weighted by atomic mass is 32.2. The van der Waals surface area contributed by atoms with Crippen molar-refractivity contribution in [1.82, 2.24) is 10.2 Å². The van der Waals surface area contributed by atoms with Gasteiger partial charge in [0, 0.05) is 13.1 Å². The van der Waals surface area contributed by atoms with Crippen LogP contribution in [-0.2, 0) is 26.2 Å². The first kappa shape index (κ1) is 30.9. The molecule has 3 aromatic rings. The molecule has 214 valence electrons. The van der Waals surface area contributed by atoms with Crippen LogP contribution in [0.4, 0.5) is 5.69 Å². The molecule has 0 heterocycles. The average Bonchev–Trinajstić information content (AvgIpc) is 2.93. The number of nitrogens with zero attached hydrogens (tertiary/aromatic N) is 2. The van der Waals surface area contributed by atoms with E-state index in [9.17, 15) is 18.0 Å². The van der Waals surface area contributed by atoms with Gasteiger partial charge in [-0.15, -0.1) is 0 Å². The van der Waals surface area contributed by atoms with Crippen LogP contribution < -0.4 is 9.62 Å². The topological polar surface area (TPSA) is 86.8 Å². The Morgan fingerprint density at radius 1 is 0.875 bits per heavy atom. The van der Waals surface area contributed by atoms with Crippen LogP contribution >= 0.6 is 0 Å². The Morgan fingerprint density at radius 2 is 1.50 bits per heavy atom. The van der Waals surface area contributed by atoms with Gasteiger partial charge in [0.05, 0.1) is 10.6 Å². The lowest BCUT2D eigenvalue weighted by molar-refractivity contribution is -0.140. The minimum atomic E-state index is -4.09. The van der Waals surface area contributed by atoms with Crippen molar-refractivity contribution in [1.29, 1.82) is 0 Å². The Bertz CT molecular complexity index is 1400. The number of amides is 2. The largest absolute Gasteiger partial charge is 0.355 e. The van der Waals surface area contributed by atoms with Gasteiger partial charge in [0.15, 0.2) is 0 Å². The number of benzene rings is 3. The van der Waals surface area contributed by atoms with E-state index < -0.39 is 28.5 Å². The molecule has 0 saturated carbocycles. The van der Waals surface area contributed by atoms with Crippen LogP contribution in [0.25, 0.3) is 0 Å². The van der Waals surface area contributed by atoms with Gasteiger partial charge in [-0.3, -0.25) is 13.9 Å². The molecule has 0 fully saturated rings. The number of hydrogen-bond donors (Lipinski definition) is 1. The van der Waals surface area contributed by atoms with Crippen molar-refractivity contribution in [2.24, 2.45) is 0 Å². The lowest BCUT2D eigenvalue weighted by atomic mass is 10.0. The molecular formula is C32H41N3O4S. The van der Waals surface area contributed by atoms with Gasteiger partial charge in [-0.2, -0.15) is 0 Å². The number of carbonyl (C=O) groups is 2. The highest BCUT2D eigenvalue weighted by Gasteiger charge is 2.33. The molecule has 0 spiro atoms. The highest BCUT2D eigenvalue weighted by Crippen LogP contribution is 2.27. The zero-order valence-electron chi connectivity index (χ0n) is 24.3. The molecule has 0 aliphatic carbocycles. The van der Waals surface area contributed by atoms with E-state index in [0.717, 1.165) is 26.6 Å². The molecule has 0 bridgehead atoms. The number of nitrogens with one attached hydrogen (secondary N) is 1. The Labute approximate surface area is 239 Å². The van der Waals surface area contributed by atoms with Gasteiger partial charge in [0.1, 0.15) is 12.6 Å². The molecule has 2 amide bonds. The third-order valence-electron chi connectivity index (χ3n) is 7.07. The quantitative estimate of drug-likeness (QED) is 0.312. The number of aryl methyl sites for hydroxylation is 2. The second-order valence-corrected chi connectivity index (χ2v) is 12.2. The van der Waals surface area contributed by atoms with Gasteiger partial charge < -0.3 is 10.2 Å². The van der Waals surface area contributed by atoms with Crippen LogP contribution in [0.1, 0.15) is 62.3 Å². The van der Waals surface area contributed by atoms with Gasteiger partial charge in [-0.25, -0.2) is 8.42 Å². The maximum absolute atomic E-state index is 14.1. The Kier molecular flexibility index (Phi) is 10.5. The normalized spacial score (nSPS) is 12.2. The monoisotopic (exact) mass is 563 g/mol. The summed E-state index contributed by atoms with van der Waals surface area (Å²) >= 11 is 0. The van der Waals surface area contributed by atoms with Crippen molar-refractivity contribution in [3.8, 4) is 0 Å². The van der Waals surface area contributed by atoms with Crippen LogP contribution in [0.15, 0.2) is 77.7 Å². The van der Waals surface area contributed by atoms with Crippen molar-refractivity contribution in [2.45, 2.75) is 71.4 Å². The maximum Gasteiger partial charge on any atom is 0.264 e. The summed E-state index contributed by atoms with van der Waals surface area (Å²) in [6.45, 7) is 11.8. The molecule has 7 nitrogen and oxygen atoms in total. The molecule has 1 N–H and O–H groups in total. The number of likely N-dealkylation sites (N-methyl/N-ethyl adjacent to an activating group) is 1. The summed E-state index contributed by atoms with van der Waals surface area (Å²) in [5.74, 6) is -0.448. The molecule has 3 aromatic carbocycles. The van der Waals surface area contributed by atoms with E-state index in [0.29, 0.717) is 18.7 Å². The number of hydrogen-bond acceptors (Lipinski definition) is 4. The fourth-order valence-electron chi connectivity index (χ4n) is 4.57. The van der Waals surface area contributed by atoms with Crippen LogP contribution in [-0.4, -0.2) is 44.3 Å². The molecule has 1 unspecified atom stereocenters. The molecule has 0 radical (unpaired) electrons. The fraction of sp³-hybridized carbons (Fsp3) is 0.375. The zero-order valence-corrected chi connectivity index (χ0v) is 25.2. The number of carbonyl (C=O) groups excluding carboxylic acids is 2. The lowest BCUT2D eigenvalue weighted by Crippen LogP contribution is -2.52. The van der Waals surface area contributed by atoms with E-state index in [1.54, 1.807) is 36.4 Å². The van der Waals surface area contributed by atoms with Crippen molar-refractivity contribution >= 4 is 27.5 Å². The first-order valence-electron chi connectivity index (χ1n) is 13.8. The summed E-state index contributed by atoms with van der Waals surface area (Å²) in [7, 11) is -4.09. The molecule has 0 aliphatic heterocycles. The molecule has 0 aromatic heterocycles. The highest BCUT2D eigenvalue weighted by molar-refractivity contribution is 7.92. The van der Waals surface area contributed by atoms with Gasteiger partial charge in [0.2, 0.25) is 11.8 Å². The summed E-state index contributed by atoms with van der Waals surface area (Å²) in [4.78, 5) is 28.8. The first-order chi connectivity index (χ1) is 19.0. The maximum atomic E-state index is 14.1. The number of anilines is 1. The SMILES string of the molecule is CCNC(=O)C(CC)N(Cc1ccccc1C)C(=O)CN(c1ccc(C(C)C)cc1)S(=O)(=O)c1ccc(C)cc1.